The largest absolute Gasteiger partial charge is 0.473 e. The standard InChI is InChI=1S/C23H21F3N4O3.C23H23F3N4O.C15H15ClN4O2/c24-23(25,26)17-6-4-5-16(11-17)14-33-22-13-20(27-15-28-22)19-12-18(7-8-21(19)30(31)32)29-9-2-1-3-10-29;24-23(25,26)17-6-4-5-16(11-17)14-31-22-13-21(28-15-29-22)19-12-18(7-8-20(19)27)30-9-2-1-3-10-30;16-15-9-13(17-10-18-15)12-8-11(4-5-14(12)20(21)22)19-6-2-1-3-7-19/h4-8,11-13,15H,1-3,9-10,14H2;4-8,11-13,15H,1-3,9-10,14,27H2;4-5,8-10H,1-3,6-7H2. The molecule has 2 N–H and O–H groups in total. The first-order chi connectivity index (χ1) is 41.4. The third kappa shape index (κ3) is 16.4. The Hall–Kier alpha value is -9.19. The van der Waals surface area contributed by atoms with E-state index in [9.17, 15) is 46.6 Å². The van der Waals surface area contributed by atoms with Crippen LogP contribution in [0.5, 0.6) is 11.8 Å². The van der Waals surface area contributed by atoms with Gasteiger partial charge in [0.15, 0.2) is 0 Å². The van der Waals surface area contributed by atoms with Crippen molar-refractivity contribution in [2.45, 2.75) is 83.4 Å². The van der Waals surface area contributed by atoms with Crippen molar-refractivity contribution < 1.29 is 45.7 Å². The average molecular weight is 1210 g/mol. The molecule has 3 aliphatic rings. The van der Waals surface area contributed by atoms with Gasteiger partial charge in [0.1, 0.15) is 37.3 Å². The molecule has 3 aromatic heterocycles. The van der Waals surface area contributed by atoms with Gasteiger partial charge < -0.3 is 29.9 Å². The molecule has 448 valence electrons. The van der Waals surface area contributed by atoms with Crippen molar-refractivity contribution in [1.82, 2.24) is 29.9 Å². The first-order valence-electron chi connectivity index (χ1n) is 27.8. The minimum absolute atomic E-state index is 0.0236. The quantitative estimate of drug-likeness (QED) is 0.0352. The van der Waals surface area contributed by atoms with E-state index in [4.69, 9.17) is 26.8 Å². The molecule has 0 aliphatic carbocycles. The number of rotatable bonds is 14. The lowest BCUT2D eigenvalue weighted by Crippen LogP contribution is -2.29. The van der Waals surface area contributed by atoms with Gasteiger partial charge in [0.2, 0.25) is 11.8 Å². The van der Waals surface area contributed by atoms with Crippen molar-refractivity contribution in [3.8, 4) is 45.5 Å². The molecule has 25 heteroatoms. The van der Waals surface area contributed by atoms with Crippen LogP contribution in [0.4, 0.5) is 60.5 Å². The fraction of sp³-hybridized carbons (Fsp3) is 0.311. The van der Waals surface area contributed by atoms with E-state index >= 15 is 0 Å². The number of nitrogens with two attached hydrogens (primary N) is 1. The molecule has 3 fully saturated rings. The number of hydrogen-bond donors (Lipinski definition) is 1. The second-order valence-electron chi connectivity index (χ2n) is 20.5. The highest BCUT2D eigenvalue weighted by molar-refractivity contribution is 6.29. The second kappa shape index (κ2) is 28.1. The predicted molar refractivity (Wildman–Crippen MR) is 315 cm³/mol. The van der Waals surface area contributed by atoms with Crippen LogP contribution >= 0.6 is 11.6 Å². The first kappa shape index (κ1) is 61.4. The van der Waals surface area contributed by atoms with Gasteiger partial charge in [-0.3, -0.25) is 20.2 Å². The molecule has 6 heterocycles. The zero-order valence-corrected chi connectivity index (χ0v) is 47.1. The van der Waals surface area contributed by atoms with Crippen LogP contribution in [0, 0.1) is 20.2 Å². The van der Waals surface area contributed by atoms with E-state index in [-0.39, 0.29) is 41.5 Å². The number of nitro benzene ring substituents is 2. The maximum Gasteiger partial charge on any atom is 0.416 e. The van der Waals surface area contributed by atoms with E-state index in [1.165, 1.54) is 81.1 Å². The summed E-state index contributed by atoms with van der Waals surface area (Å²) in [5.41, 5.74) is 11.8. The van der Waals surface area contributed by atoms with E-state index in [1.807, 2.05) is 24.3 Å². The molecule has 0 amide bonds. The number of benzene rings is 5. The highest BCUT2D eigenvalue weighted by Crippen LogP contribution is 2.38. The van der Waals surface area contributed by atoms with E-state index in [2.05, 4.69) is 44.6 Å². The lowest BCUT2D eigenvalue weighted by Gasteiger charge is -2.29. The Morgan fingerprint density at radius 2 is 0.837 bits per heavy atom. The van der Waals surface area contributed by atoms with Gasteiger partial charge in [-0.05, 0) is 136 Å². The number of anilines is 4. The van der Waals surface area contributed by atoms with Crippen LogP contribution in [0.25, 0.3) is 33.8 Å². The van der Waals surface area contributed by atoms with Crippen molar-refractivity contribution >= 4 is 45.7 Å². The van der Waals surface area contributed by atoms with Gasteiger partial charge in [-0.15, -0.1) is 0 Å². The molecular formula is C61H59ClF6N12O6. The molecule has 86 heavy (non-hydrogen) atoms. The number of aromatic nitrogens is 6. The molecule has 3 saturated heterocycles. The summed E-state index contributed by atoms with van der Waals surface area (Å²) >= 11 is 5.88. The maximum atomic E-state index is 12.9. The zero-order valence-electron chi connectivity index (χ0n) is 46.4. The van der Waals surface area contributed by atoms with E-state index in [0.717, 1.165) is 118 Å². The number of hydrogen-bond acceptors (Lipinski definition) is 16. The van der Waals surface area contributed by atoms with E-state index in [0.29, 0.717) is 45.0 Å². The van der Waals surface area contributed by atoms with Crippen molar-refractivity contribution in [3.63, 3.8) is 0 Å². The number of halogens is 7. The summed E-state index contributed by atoms with van der Waals surface area (Å²) in [5, 5.41) is 23.2. The zero-order chi connectivity index (χ0) is 60.8. The topological polar surface area (TPSA) is 218 Å². The van der Waals surface area contributed by atoms with Crippen molar-refractivity contribution in [2.75, 3.05) is 59.7 Å². The predicted octanol–water partition coefficient (Wildman–Crippen LogP) is 14.6. The molecule has 0 bridgehead atoms. The van der Waals surface area contributed by atoms with Gasteiger partial charge in [-0.25, -0.2) is 29.9 Å². The van der Waals surface area contributed by atoms with Crippen LogP contribution in [-0.4, -0.2) is 79.0 Å². The highest BCUT2D eigenvalue weighted by atomic mass is 35.5. The number of ether oxygens (including phenoxy) is 2. The number of nitrogen functional groups attached to an aromatic ring is 1. The molecule has 0 saturated carbocycles. The van der Waals surface area contributed by atoms with Gasteiger partial charge in [0, 0.05) is 97.9 Å². The van der Waals surface area contributed by atoms with Crippen LogP contribution in [0.1, 0.15) is 80.0 Å². The summed E-state index contributed by atoms with van der Waals surface area (Å²) in [5.74, 6) is 0.375. The Morgan fingerprint density at radius 1 is 0.465 bits per heavy atom. The fourth-order valence-corrected chi connectivity index (χ4v) is 10.3. The van der Waals surface area contributed by atoms with Crippen LogP contribution in [-0.2, 0) is 25.6 Å². The molecule has 8 aromatic rings. The first-order valence-corrected chi connectivity index (χ1v) is 28.2. The summed E-state index contributed by atoms with van der Waals surface area (Å²) in [4.78, 5) is 53.3. The summed E-state index contributed by atoms with van der Waals surface area (Å²) < 4.78 is 88.7. The minimum Gasteiger partial charge on any atom is -0.473 e. The Balaban J connectivity index is 0.000000157. The Morgan fingerprint density at radius 3 is 1.23 bits per heavy atom. The highest BCUT2D eigenvalue weighted by Gasteiger charge is 2.32. The molecule has 11 rings (SSSR count). The number of nitrogens with zero attached hydrogens (tertiary/aromatic N) is 11. The van der Waals surface area contributed by atoms with Crippen molar-refractivity contribution in [2.24, 2.45) is 0 Å². The average Bonchev–Trinajstić information content (AvgIpc) is 1.93. The number of nitro groups is 2. The molecule has 0 unspecified atom stereocenters. The third-order valence-corrected chi connectivity index (χ3v) is 14.8. The Labute approximate surface area is 496 Å². The molecule has 5 aromatic carbocycles. The van der Waals surface area contributed by atoms with Gasteiger partial charge in [-0.1, -0.05) is 35.9 Å². The summed E-state index contributed by atoms with van der Waals surface area (Å²) in [6.07, 6.45) is 5.45. The molecule has 0 radical (unpaired) electrons. The van der Waals surface area contributed by atoms with Crippen LogP contribution in [0.2, 0.25) is 5.15 Å². The SMILES string of the molecule is Nc1ccc(N2CCCCC2)cc1-c1cc(OCc2cccc(C(F)(F)F)c2)ncn1.O=[N+]([O-])c1ccc(N2CCCCC2)cc1-c1cc(Cl)ncn1.O=[N+]([O-])c1ccc(N2CCCCC2)cc1-c1cc(OCc2cccc(C(F)(F)F)c2)ncn1. The van der Waals surface area contributed by atoms with Gasteiger partial charge >= 0.3 is 12.4 Å². The normalized spacial score (nSPS) is 14.5. The summed E-state index contributed by atoms with van der Waals surface area (Å²) in [7, 11) is 0. The van der Waals surface area contributed by atoms with Crippen molar-refractivity contribution in [3.05, 3.63) is 188 Å². The van der Waals surface area contributed by atoms with Gasteiger partial charge in [-0.2, -0.15) is 26.3 Å². The number of piperidine rings is 3. The lowest BCUT2D eigenvalue weighted by molar-refractivity contribution is -0.384. The van der Waals surface area contributed by atoms with Gasteiger partial charge in [0.25, 0.3) is 11.4 Å². The van der Waals surface area contributed by atoms with Gasteiger partial charge in [0.05, 0.1) is 49.2 Å². The maximum absolute atomic E-state index is 12.9. The molecule has 18 nitrogen and oxygen atoms in total. The third-order valence-electron chi connectivity index (χ3n) is 14.6. The monoisotopic (exact) mass is 1200 g/mol. The molecule has 0 spiro atoms. The lowest BCUT2D eigenvalue weighted by atomic mass is 10.1. The van der Waals surface area contributed by atoms with Crippen LogP contribution < -0.4 is 29.9 Å². The van der Waals surface area contributed by atoms with E-state index < -0.39 is 33.3 Å². The molecule has 0 atom stereocenters. The molecular weight excluding hydrogens is 1150 g/mol. The summed E-state index contributed by atoms with van der Waals surface area (Å²) in [6, 6.07) is 30.5. The molecule has 3 aliphatic heterocycles. The Bertz CT molecular complexity index is 3640. The summed E-state index contributed by atoms with van der Waals surface area (Å²) in [6.45, 7) is 5.55. The fourth-order valence-electron chi connectivity index (χ4n) is 10.2. The van der Waals surface area contributed by atoms with Crippen LogP contribution in [0.15, 0.2) is 140 Å². The Kier molecular flexibility index (Phi) is 20.1. The second-order valence-corrected chi connectivity index (χ2v) is 20.9. The smallest absolute Gasteiger partial charge is 0.416 e. The van der Waals surface area contributed by atoms with Crippen molar-refractivity contribution in [1.29, 1.82) is 0 Å². The number of alkyl halides is 6. The minimum atomic E-state index is -4.45. The van der Waals surface area contributed by atoms with E-state index in [1.54, 1.807) is 36.4 Å². The van der Waals surface area contributed by atoms with Crippen LogP contribution in [0.3, 0.4) is 0 Å².